The van der Waals surface area contributed by atoms with Crippen molar-refractivity contribution in [2.24, 2.45) is 0 Å². The molecule has 0 aromatic carbocycles. The molecule has 1 atom stereocenters. The Morgan fingerprint density at radius 2 is 2.46 bits per heavy atom. The maximum atomic E-state index is 4.32. The summed E-state index contributed by atoms with van der Waals surface area (Å²) in [5, 5.41) is 6.71. The van der Waals surface area contributed by atoms with Gasteiger partial charge in [-0.1, -0.05) is 0 Å². The number of pyridine rings is 1. The minimum Gasteiger partial charge on any atom is -0.368 e. The number of rotatable bonds is 0. The van der Waals surface area contributed by atoms with Crippen molar-refractivity contribution < 1.29 is 0 Å². The van der Waals surface area contributed by atoms with E-state index >= 15 is 0 Å². The second-order valence-electron chi connectivity index (χ2n) is 3.32. The van der Waals surface area contributed by atoms with Crippen molar-refractivity contribution in [2.45, 2.75) is 19.5 Å². The summed E-state index contributed by atoms with van der Waals surface area (Å²) in [6.07, 6.45) is 1.82. The Hall–Kier alpha value is -0.610. The quantitative estimate of drug-likeness (QED) is 0.727. The van der Waals surface area contributed by atoms with Gasteiger partial charge >= 0.3 is 0 Å². The van der Waals surface area contributed by atoms with Crippen LogP contribution >= 0.6 is 15.9 Å². The first kappa shape index (κ1) is 8.97. The number of halogens is 1. The summed E-state index contributed by atoms with van der Waals surface area (Å²) in [5.74, 6) is 1.00. The highest BCUT2D eigenvalue weighted by molar-refractivity contribution is 9.10. The third-order valence-electron chi connectivity index (χ3n) is 2.15. The van der Waals surface area contributed by atoms with Crippen LogP contribution in [0.3, 0.4) is 0 Å². The van der Waals surface area contributed by atoms with E-state index in [2.05, 4.69) is 44.5 Å². The van der Waals surface area contributed by atoms with E-state index in [9.17, 15) is 0 Å². The first-order valence-electron chi connectivity index (χ1n) is 4.37. The summed E-state index contributed by atoms with van der Waals surface area (Å²) >= 11 is 3.41. The molecule has 1 aromatic rings. The molecule has 0 unspecified atom stereocenters. The Morgan fingerprint density at radius 1 is 1.62 bits per heavy atom. The van der Waals surface area contributed by atoms with Crippen LogP contribution in [-0.4, -0.2) is 17.6 Å². The Balaban J connectivity index is 2.30. The molecule has 0 radical (unpaired) electrons. The van der Waals surface area contributed by atoms with E-state index < -0.39 is 0 Å². The van der Waals surface area contributed by atoms with Gasteiger partial charge in [0, 0.05) is 35.4 Å². The van der Waals surface area contributed by atoms with E-state index in [1.54, 1.807) is 0 Å². The summed E-state index contributed by atoms with van der Waals surface area (Å²) in [6, 6.07) is 2.59. The molecule has 2 heterocycles. The van der Waals surface area contributed by atoms with Crippen molar-refractivity contribution in [2.75, 3.05) is 11.9 Å². The van der Waals surface area contributed by atoms with Crippen LogP contribution in [-0.2, 0) is 6.54 Å². The summed E-state index contributed by atoms with van der Waals surface area (Å²) in [4.78, 5) is 4.32. The normalized spacial score (nSPS) is 21.5. The fraction of sp³-hybridized carbons (Fsp3) is 0.444. The average Bonchev–Trinajstić information content (AvgIpc) is 2.29. The number of hydrogen-bond acceptors (Lipinski definition) is 3. The van der Waals surface area contributed by atoms with Gasteiger partial charge in [-0.15, -0.1) is 0 Å². The lowest BCUT2D eigenvalue weighted by molar-refractivity contribution is 0.581. The molecular formula is C9H12BrN3. The highest BCUT2D eigenvalue weighted by Crippen LogP contribution is 2.19. The topological polar surface area (TPSA) is 37.0 Å². The molecule has 2 N–H and O–H groups in total. The average molecular weight is 242 g/mol. The van der Waals surface area contributed by atoms with Gasteiger partial charge in [0.1, 0.15) is 5.82 Å². The molecule has 70 valence electrons. The van der Waals surface area contributed by atoms with Crippen molar-refractivity contribution in [3.8, 4) is 0 Å². The van der Waals surface area contributed by atoms with Gasteiger partial charge in [-0.2, -0.15) is 0 Å². The molecule has 13 heavy (non-hydrogen) atoms. The molecule has 1 aliphatic rings. The lowest BCUT2D eigenvalue weighted by atomic mass is 10.2. The van der Waals surface area contributed by atoms with E-state index in [0.717, 1.165) is 23.4 Å². The molecule has 0 aliphatic carbocycles. The standard InChI is InChI=1S/C9H12BrN3/c1-6-3-12-9-7(4-11-6)2-8(10)5-13-9/h2,5-6,11H,3-4H2,1H3,(H,12,13)/t6-/m1/s1. The Bertz CT molecular complexity index is 314. The molecule has 0 bridgehead atoms. The molecule has 0 amide bonds. The molecule has 2 rings (SSSR count). The van der Waals surface area contributed by atoms with Crippen molar-refractivity contribution in [1.82, 2.24) is 10.3 Å². The van der Waals surface area contributed by atoms with Gasteiger partial charge in [-0.25, -0.2) is 4.98 Å². The second-order valence-corrected chi connectivity index (χ2v) is 4.24. The van der Waals surface area contributed by atoms with Gasteiger partial charge in [0.25, 0.3) is 0 Å². The fourth-order valence-electron chi connectivity index (χ4n) is 1.38. The molecule has 0 saturated heterocycles. The highest BCUT2D eigenvalue weighted by atomic mass is 79.9. The molecule has 1 aromatic heterocycles. The fourth-order valence-corrected chi connectivity index (χ4v) is 1.76. The number of nitrogens with zero attached hydrogens (tertiary/aromatic N) is 1. The first-order valence-corrected chi connectivity index (χ1v) is 5.16. The van der Waals surface area contributed by atoms with Gasteiger partial charge in [-0.3, -0.25) is 0 Å². The summed E-state index contributed by atoms with van der Waals surface area (Å²) in [7, 11) is 0. The summed E-state index contributed by atoms with van der Waals surface area (Å²) in [6.45, 7) is 3.98. The van der Waals surface area contributed by atoms with Gasteiger partial charge in [-0.05, 0) is 28.9 Å². The van der Waals surface area contributed by atoms with Crippen LogP contribution in [0.15, 0.2) is 16.7 Å². The van der Waals surface area contributed by atoms with E-state index in [-0.39, 0.29) is 0 Å². The molecule has 0 spiro atoms. The lowest BCUT2D eigenvalue weighted by Crippen LogP contribution is -2.29. The van der Waals surface area contributed by atoms with Crippen LogP contribution in [0.5, 0.6) is 0 Å². The van der Waals surface area contributed by atoms with Crippen molar-refractivity contribution in [3.63, 3.8) is 0 Å². The number of anilines is 1. The van der Waals surface area contributed by atoms with Crippen molar-refractivity contribution >= 4 is 21.7 Å². The van der Waals surface area contributed by atoms with Crippen LogP contribution in [0, 0.1) is 0 Å². The number of fused-ring (bicyclic) bond motifs is 1. The van der Waals surface area contributed by atoms with Crippen LogP contribution in [0.4, 0.5) is 5.82 Å². The minimum absolute atomic E-state index is 0.493. The summed E-state index contributed by atoms with van der Waals surface area (Å²) in [5.41, 5.74) is 1.22. The summed E-state index contributed by atoms with van der Waals surface area (Å²) < 4.78 is 1.03. The monoisotopic (exact) mass is 241 g/mol. The third kappa shape index (κ3) is 2.00. The van der Waals surface area contributed by atoms with Crippen molar-refractivity contribution in [1.29, 1.82) is 0 Å². The Labute approximate surface area is 86.1 Å². The van der Waals surface area contributed by atoms with Crippen LogP contribution in [0.2, 0.25) is 0 Å². The van der Waals surface area contributed by atoms with E-state index in [1.165, 1.54) is 5.56 Å². The molecule has 0 fully saturated rings. The minimum atomic E-state index is 0.493. The smallest absolute Gasteiger partial charge is 0.130 e. The largest absolute Gasteiger partial charge is 0.368 e. The van der Waals surface area contributed by atoms with Crippen molar-refractivity contribution in [3.05, 3.63) is 22.3 Å². The SMILES string of the molecule is C[C@@H]1CNc2ncc(Br)cc2CN1. The van der Waals surface area contributed by atoms with Gasteiger partial charge in [0.15, 0.2) is 0 Å². The zero-order chi connectivity index (χ0) is 9.26. The molecule has 4 heteroatoms. The first-order chi connectivity index (χ1) is 6.25. The van der Waals surface area contributed by atoms with Crippen LogP contribution in [0.1, 0.15) is 12.5 Å². The Kier molecular flexibility index (Phi) is 2.51. The third-order valence-corrected chi connectivity index (χ3v) is 2.58. The highest BCUT2D eigenvalue weighted by Gasteiger charge is 2.11. The molecule has 3 nitrogen and oxygen atoms in total. The second kappa shape index (κ2) is 3.64. The Morgan fingerprint density at radius 3 is 3.31 bits per heavy atom. The predicted octanol–water partition coefficient (Wildman–Crippen LogP) is 1.75. The van der Waals surface area contributed by atoms with Crippen LogP contribution < -0.4 is 10.6 Å². The predicted molar refractivity (Wildman–Crippen MR) is 56.7 cm³/mol. The molecular weight excluding hydrogens is 230 g/mol. The van der Waals surface area contributed by atoms with E-state index in [4.69, 9.17) is 0 Å². The van der Waals surface area contributed by atoms with E-state index in [0.29, 0.717) is 6.04 Å². The lowest BCUT2D eigenvalue weighted by Gasteiger charge is -2.07. The number of nitrogens with one attached hydrogen (secondary N) is 2. The van der Waals surface area contributed by atoms with Gasteiger partial charge in [0.05, 0.1) is 0 Å². The zero-order valence-electron chi connectivity index (χ0n) is 7.47. The number of aromatic nitrogens is 1. The van der Waals surface area contributed by atoms with Gasteiger partial charge < -0.3 is 10.6 Å². The van der Waals surface area contributed by atoms with E-state index in [1.807, 2.05) is 6.20 Å². The zero-order valence-corrected chi connectivity index (χ0v) is 9.06. The number of hydrogen-bond donors (Lipinski definition) is 2. The maximum absolute atomic E-state index is 4.32. The molecule has 0 saturated carbocycles. The van der Waals surface area contributed by atoms with Gasteiger partial charge in [0.2, 0.25) is 0 Å². The van der Waals surface area contributed by atoms with Crippen LogP contribution in [0.25, 0.3) is 0 Å². The maximum Gasteiger partial charge on any atom is 0.130 e. The molecule has 1 aliphatic heterocycles.